The number of H-pyrrole nitrogens is 1. The molecule has 5 aromatic rings. The van der Waals surface area contributed by atoms with E-state index in [1.165, 1.54) is 15.5 Å². The molecule has 0 amide bonds. The van der Waals surface area contributed by atoms with Gasteiger partial charge in [-0.05, 0) is 42.1 Å². The molecule has 0 atom stereocenters. The Morgan fingerprint density at radius 2 is 1.68 bits per heavy atom. The molecule has 4 aromatic heterocycles. The molecule has 0 spiro atoms. The van der Waals surface area contributed by atoms with Gasteiger partial charge in [0.25, 0.3) is 5.56 Å². The zero-order valence-corrected chi connectivity index (χ0v) is 21.8. The number of imidazole rings is 2. The van der Waals surface area contributed by atoms with Gasteiger partial charge in [0.2, 0.25) is 5.28 Å². The van der Waals surface area contributed by atoms with Gasteiger partial charge >= 0.3 is 5.69 Å². The maximum Gasteiger partial charge on any atom is 0.332 e. The second-order valence-corrected chi connectivity index (χ2v) is 9.71. The molecule has 0 radical (unpaired) electrons. The first-order valence-electron chi connectivity index (χ1n) is 12.2. The van der Waals surface area contributed by atoms with Crippen molar-refractivity contribution in [1.82, 2.24) is 38.6 Å². The number of hydrogen-bond donors (Lipinski definition) is 1. The van der Waals surface area contributed by atoms with Crippen molar-refractivity contribution in [1.29, 1.82) is 0 Å². The predicted molar refractivity (Wildman–Crippen MR) is 143 cm³/mol. The van der Waals surface area contributed by atoms with E-state index in [-0.39, 0.29) is 23.0 Å². The quantitative estimate of drug-likeness (QED) is 0.209. The second kappa shape index (κ2) is 10.9. The Kier molecular flexibility index (Phi) is 7.38. The number of rotatable bonds is 10. The molecule has 0 aliphatic rings. The first kappa shape index (κ1) is 25.2. The Morgan fingerprint density at radius 3 is 2.46 bits per heavy atom. The molecular weight excluding hydrogens is 515 g/mol. The van der Waals surface area contributed by atoms with E-state index in [0.29, 0.717) is 42.2 Å². The van der Waals surface area contributed by atoms with Crippen LogP contribution in [0.2, 0.25) is 10.3 Å². The van der Waals surface area contributed by atoms with Gasteiger partial charge in [0.15, 0.2) is 16.8 Å². The van der Waals surface area contributed by atoms with Gasteiger partial charge in [-0.3, -0.25) is 13.9 Å². The molecule has 5 rings (SSSR count). The third-order valence-electron chi connectivity index (χ3n) is 6.36. The molecular formula is C25H26Cl2N8O2. The van der Waals surface area contributed by atoms with E-state index < -0.39 is 5.56 Å². The Hall–Kier alpha value is -3.50. The maximum absolute atomic E-state index is 13.2. The number of aromatic nitrogens is 8. The van der Waals surface area contributed by atoms with Crippen LogP contribution in [-0.4, -0.2) is 38.6 Å². The van der Waals surface area contributed by atoms with Crippen LogP contribution in [0.1, 0.15) is 43.9 Å². The number of nitrogens with one attached hydrogen (secondary N) is 1. The van der Waals surface area contributed by atoms with Gasteiger partial charge in [-0.25, -0.2) is 19.7 Å². The summed E-state index contributed by atoms with van der Waals surface area (Å²) in [4.78, 5) is 46.7. The van der Waals surface area contributed by atoms with E-state index in [1.807, 2.05) is 28.8 Å². The smallest absolute Gasteiger partial charge is 0.323 e. The molecule has 0 fully saturated rings. The van der Waals surface area contributed by atoms with Crippen molar-refractivity contribution in [3.05, 3.63) is 79.3 Å². The van der Waals surface area contributed by atoms with E-state index in [2.05, 4.69) is 31.8 Å². The minimum Gasteiger partial charge on any atom is -0.323 e. The van der Waals surface area contributed by atoms with Gasteiger partial charge in [-0.1, -0.05) is 43.5 Å². The summed E-state index contributed by atoms with van der Waals surface area (Å²) in [6.07, 6.45) is 7.18. The maximum atomic E-state index is 13.2. The molecule has 0 aliphatic heterocycles. The molecule has 1 N–H and O–H groups in total. The van der Waals surface area contributed by atoms with Crippen molar-refractivity contribution in [2.45, 2.75) is 58.7 Å². The van der Waals surface area contributed by atoms with Crippen LogP contribution in [-0.2, 0) is 26.1 Å². The molecule has 192 valence electrons. The fourth-order valence-electron chi connectivity index (χ4n) is 4.47. The van der Waals surface area contributed by atoms with Crippen molar-refractivity contribution in [3.8, 4) is 0 Å². The summed E-state index contributed by atoms with van der Waals surface area (Å²) in [5, 5.41) is 0.773. The zero-order valence-electron chi connectivity index (χ0n) is 20.3. The highest BCUT2D eigenvalue weighted by Gasteiger charge is 2.17. The molecule has 12 heteroatoms. The third kappa shape index (κ3) is 5.17. The fourth-order valence-corrected chi connectivity index (χ4v) is 4.77. The van der Waals surface area contributed by atoms with Gasteiger partial charge in [-0.2, -0.15) is 4.98 Å². The number of hydrogen-bond acceptors (Lipinski definition) is 6. The number of aromatic amines is 1. The van der Waals surface area contributed by atoms with Crippen LogP contribution in [0, 0.1) is 0 Å². The Balaban J connectivity index is 1.37. The third-order valence-corrected chi connectivity index (χ3v) is 6.79. The highest BCUT2D eigenvalue weighted by molar-refractivity contribution is 6.30. The topological polar surface area (TPSA) is 116 Å². The standard InChI is InChI=1S/C25H26Cl2N8O2/c1-2-3-4-11-34-22-20(31-24(27)32-22)23(36)35(25(34)37)12-5-10-33-15-30-19-18(28-14-29-21(19)33)13-16-6-8-17(26)9-7-16/h6-9,14-15H,2-5,10-13H2,1H3,(H,31,32). The van der Waals surface area contributed by atoms with Crippen LogP contribution in [0.3, 0.4) is 0 Å². The number of aryl methyl sites for hydroxylation is 2. The molecule has 10 nitrogen and oxygen atoms in total. The minimum atomic E-state index is -0.422. The molecule has 0 bridgehead atoms. The Morgan fingerprint density at radius 1 is 0.892 bits per heavy atom. The predicted octanol–water partition coefficient (Wildman–Crippen LogP) is 4.20. The second-order valence-electron chi connectivity index (χ2n) is 8.91. The minimum absolute atomic E-state index is 0.0902. The summed E-state index contributed by atoms with van der Waals surface area (Å²) in [7, 11) is 0. The molecule has 37 heavy (non-hydrogen) atoms. The zero-order chi connectivity index (χ0) is 25.9. The van der Waals surface area contributed by atoms with Gasteiger partial charge < -0.3 is 9.55 Å². The van der Waals surface area contributed by atoms with Crippen LogP contribution in [0.15, 0.2) is 46.5 Å². The summed E-state index contributed by atoms with van der Waals surface area (Å²) < 4.78 is 4.71. The van der Waals surface area contributed by atoms with Gasteiger partial charge in [0, 0.05) is 31.1 Å². The summed E-state index contributed by atoms with van der Waals surface area (Å²) in [6.45, 7) is 3.33. The van der Waals surface area contributed by atoms with Crippen LogP contribution in [0.4, 0.5) is 0 Å². The van der Waals surface area contributed by atoms with Crippen molar-refractivity contribution in [2.75, 3.05) is 0 Å². The first-order valence-corrected chi connectivity index (χ1v) is 13.0. The lowest BCUT2D eigenvalue weighted by molar-refractivity contribution is 0.505. The average Bonchev–Trinajstić information content (AvgIpc) is 3.49. The largest absolute Gasteiger partial charge is 0.332 e. The number of nitrogens with zero attached hydrogens (tertiary/aromatic N) is 7. The first-order chi connectivity index (χ1) is 18.0. The van der Waals surface area contributed by atoms with Gasteiger partial charge in [-0.15, -0.1) is 0 Å². The van der Waals surface area contributed by atoms with Crippen molar-refractivity contribution in [2.24, 2.45) is 0 Å². The number of fused-ring (bicyclic) bond motifs is 2. The molecule has 0 saturated carbocycles. The van der Waals surface area contributed by atoms with Crippen LogP contribution in [0.25, 0.3) is 22.3 Å². The Labute approximate surface area is 221 Å². The number of unbranched alkanes of at least 4 members (excludes halogenated alkanes) is 2. The molecule has 4 heterocycles. The van der Waals surface area contributed by atoms with Crippen molar-refractivity contribution in [3.63, 3.8) is 0 Å². The van der Waals surface area contributed by atoms with Gasteiger partial charge in [0.1, 0.15) is 11.8 Å². The summed E-state index contributed by atoms with van der Waals surface area (Å²) in [6, 6.07) is 7.62. The fraction of sp³-hybridized carbons (Fsp3) is 0.360. The van der Waals surface area contributed by atoms with Crippen LogP contribution in [0.5, 0.6) is 0 Å². The van der Waals surface area contributed by atoms with E-state index in [9.17, 15) is 9.59 Å². The van der Waals surface area contributed by atoms with Crippen molar-refractivity contribution < 1.29 is 0 Å². The Bertz CT molecular complexity index is 1670. The van der Waals surface area contributed by atoms with Crippen LogP contribution >= 0.6 is 23.2 Å². The highest BCUT2D eigenvalue weighted by atomic mass is 35.5. The normalized spacial score (nSPS) is 11.6. The summed E-state index contributed by atoms with van der Waals surface area (Å²) >= 11 is 12.0. The average molecular weight is 541 g/mol. The van der Waals surface area contributed by atoms with E-state index in [0.717, 1.165) is 36.0 Å². The lowest BCUT2D eigenvalue weighted by Crippen LogP contribution is -2.40. The number of benzene rings is 1. The van der Waals surface area contributed by atoms with E-state index in [4.69, 9.17) is 23.2 Å². The van der Waals surface area contributed by atoms with Crippen LogP contribution < -0.4 is 11.2 Å². The molecule has 0 saturated heterocycles. The highest BCUT2D eigenvalue weighted by Crippen LogP contribution is 2.18. The summed E-state index contributed by atoms with van der Waals surface area (Å²) in [5.41, 5.74) is 3.07. The van der Waals surface area contributed by atoms with E-state index >= 15 is 0 Å². The number of halogens is 2. The van der Waals surface area contributed by atoms with Gasteiger partial charge in [0.05, 0.1) is 12.0 Å². The molecule has 0 aliphatic carbocycles. The lowest BCUT2D eigenvalue weighted by atomic mass is 10.1. The monoisotopic (exact) mass is 540 g/mol. The molecule has 0 unspecified atom stereocenters. The lowest BCUT2D eigenvalue weighted by Gasteiger charge is -2.11. The summed E-state index contributed by atoms with van der Waals surface area (Å²) in [5.74, 6) is 0. The van der Waals surface area contributed by atoms with Crippen molar-refractivity contribution >= 4 is 45.5 Å². The SMILES string of the molecule is CCCCCn1c(=O)n(CCCn2cnc3c(Cc4ccc(Cl)cc4)ncnc32)c(=O)c2[nH]c(Cl)nc21. The molecule has 1 aromatic carbocycles. The van der Waals surface area contributed by atoms with E-state index in [1.54, 1.807) is 6.33 Å².